The van der Waals surface area contributed by atoms with E-state index in [-0.39, 0.29) is 16.3 Å². The Hall–Kier alpha value is -1.79. The highest BCUT2D eigenvalue weighted by Gasteiger charge is 2.27. The molecule has 7 heteroatoms. The summed E-state index contributed by atoms with van der Waals surface area (Å²) in [7, 11) is -3.68. The molecule has 0 aromatic heterocycles. The van der Waals surface area contributed by atoms with E-state index in [2.05, 4.69) is 0 Å². The average Bonchev–Trinajstić information content (AvgIpc) is 2.58. The van der Waals surface area contributed by atoms with Crippen LogP contribution in [0.5, 0.6) is 5.75 Å². The summed E-state index contributed by atoms with van der Waals surface area (Å²) in [5.41, 5.74) is 5.15. The Morgan fingerprint density at radius 1 is 1.28 bits per heavy atom. The summed E-state index contributed by atoms with van der Waals surface area (Å²) in [5.74, 6) is -0.722. The van der Waals surface area contributed by atoms with Crippen LogP contribution in [0.15, 0.2) is 46.4 Å². The topological polar surface area (TPSA) is 86.5 Å². The first-order chi connectivity index (χ1) is 8.42. The predicted molar refractivity (Wildman–Crippen MR) is 66.4 cm³/mol. The first-order valence-corrected chi connectivity index (χ1v) is 6.74. The fourth-order valence-electron chi connectivity index (χ4n) is 1.32. The molecule has 1 aromatic rings. The minimum atomic E-state index is -3.68. The van der Waals surface area contributed by atoms with Gasteiger partial charge in [0.15, 0.2) is 0 Å². The number of ether oxygens (including phenoxy) is 1. The van der Waals surface area contributed by atoms with E-state index in [1.165, 1.54) is 6.07 Å². The van der Waals surface area contributed by atoms with Gasteiger partial charge in [-0.15, -0.1) is 0 Å². The summed E-state index contributed by atoms with van der Waals surface area (Å²) < 4.78 is 27.6. The summed E-state index contributed by atoms with van der Waals surface area (Å²) in [4.78, 5) is 11.7. The monoisotopic (exact) mass is 285 g/mol. The average molecular weight is 286 g/mol. The van der Waals surface area contributed by atoms with E-state index in [1.807, 2.05) is 0 Å². The zero-order valence-corrected chi connectivity index (χ0v) is 10.5. The van der Waals surface area contributed by atoms with Gasteiger partial charge in [0.2, 0.25) is 9.84 Å². The number of benzene rings is 1. The van der Waals surface area contributed by atoms with Crippen LogP contribution in [0.25, 0.3) is 0 Å². The van der Waals surface area contributed by atoms with E-state index in [9.17, 15) is 13.2 Å². The van der Waals surface area contributed by atoms with Gasteiger partial charge in [0, 0.05) is 5.41 Å². The maximum atomic E-state index is 11.7. The van der Waals surface area contributed by atoms with Crippen molar-refractivity contribution in [2.45, 2.75) is 0 Å². The van der Waals surface area contributed by atoms with Crippen molar-refractivity contribution >= 4 is 27.4 Å². The molecule has 1 heterocycles. The van der Waals surface area contributed by atoms with Gasteiger partial charge in [0.25, 0.3) is 0 Å². The molecule has 0 radical (unpaired) electrons. The number of hydrogen-bond acceptors (Lipinski definition) is 5. The molecule has 2 rings (SSSR count). The van der Waals surface area contributed by atoms with Crippen LogP contribution in [0.3, 0.4) is 0 Å². The van der Waals surface area contributed by atoms with E-state index >= 15 is 0 Å². The molecule has 1 aliphatic rings. The second-order valence-electron chi connectivity index (χ2n) is 3.45. The minimum Gasteiger partial charge on any atom is -0.421 e. The molecule has 18 heavy (non-hydrogen) atoms. The van der Waals surface area contributed by atoms with E-state index < -0.39 is 20.8 Å². The van der Waals surface area contributed by atoms with Crippen molar-refractivity contribution in [3.8, 4) is 5.75 Å². The standard InChI is InChI=1S/C11H8ClNO4S/c12-8-3-1-2-4-9(8)17-11(14)7-5-6-18(15,16)10(7)13/h1-6H,13H2. The SMILES string of the molecule is NC1=C(C(=O)Oc2ccccc2Cl)C=CS1(=O)=O. The highest BCUT2D eigenvalue weighted by atomic mass is 35.5. The maximum absolute atomic E-state index is 11.7. The van der Waals surface area contributed by atoms with Crippen LogP contribution in [0.2, 0.25) is 5.02 Å². The molecule has 0 saturated heterocycles. The van der Waals surface area contributed by atoms with Crippen molar-refractivity contribution in [3.05, 3.63) is 51.4 Å². The second kappa shape index (κ2) is 4.47. The highest BCUT2D eigenvalue weighted by molar-refractivity contribution is 7.98. The summed E-state index contributed by atoms with van der Waals surface area (Å²) in [6.45, 7) is 0. The van der Waals surface area contributed by atoms with E-state index in [0.29, 0.717) is 0 Å². The number of carbonyl (C=O) groups excluding carboxylic acids is 1. The zero-order valence-electron chi connectivity index (χ0n) is 8.96. The molecule has 5 nitrogen and oxygen atoms in total. The van der Waals surface area contributed by atoms with Crippen molar-refractivity contribution in [2.75, 3.05) is 0 Å². The van der Waals surface area contributed by atoms with Gasteiger partial charge < -0.3 is 10.5 Å². The van der Waals surface area contributed by atoms with Gasteiger partial charge in [-0.1, -0.05) is 23.7 Å². The molecule has 2 N–H and O–H groups in total. The number of halogens is 1. The number of rotatable bonds is 2. The van der Waals surface area contributed by atoms with Gasteiger partial charge in [-0.25, -0.2) is 13.2 Å². The van der Waals surface area contributed by atoms with Gasteiger partial charge in [0.1, 0.15) is 10.8 Å². The van der Waals surface area contributed by atoms with Crippen LogP contribution in [-0.2, 0) is 14.6 Å². The highest BCUT2D eigenvalue weighted by Crippen LogP contribution is 2.26. The number of nitrogens with two attached hydrogens (primary N) is 1. The molecular formula is C11H8ClNO4S. The van der Waals surface area contributed by atoms with Crippen molar-refractivity contribution in [2.24, 2.45) is 5.73 Å². The summed E-state index contributed by atoms with van der Waals surface area (Å²) in [6.07, 6.45) is 1.10. The number of para-hydroxylation sites is 1. The van der Waals surface area contributed by atoms with Crippen LogP contribution in [0.1, 0.15) is 0 Å². The van der Waals surface area contributed by atoms with Crippen molar-refractivity contribution < 1.29 is 17.9 Å². The molecule has 1 aromatic carbocycles. The lowest BCUT2D eigenvalue weighted by Gasteiger charge is -2.05. The lowest BCUT2D eigenvalue weighted by Crippen LogP contribution is -2.16. The molecule has 0 fully saturated rings. The third-order valence-corrected chi connectivity index (χ3v) is 3.88. The van der Waals surface area contributed by atoms with E-state index in [0.717, 1.165) is 11.5 Å². The Morgan fingerprint density at radius 3 is 2.50 bits per heavy atom. The van der Waals surface area contributed by atoms with Crippen molar-refractivity contribution in [1.29, 1.82) is 0 Å². The van der Waals surface area contributed by atoms with E-state index in [4.69, 9.17) is 22.1 Å². The van der Waals surface area contributed by atoms with Crippen LogP contribution in [0.4, 0.5) is 0 Å². The number of carbonyl (C=O) groups is 1. The molecule has 0 saturated carbocycles. The fourth-order valence-corrected chi connectivity index (χ4v) is 2.41. The Labute approximate surface area is 108 Å². The third kappa shape index (κ3) is 2.25. The second-order valence-corrected chi connectivity index (χ2v) is 5.65. The third-order valence-electron chi connectivity index (χ3n) is 2.25. The first kappa shape index (κ1) is 12.7. The normalized spacial score (nSPS) is 16.9. The van der Waals surface area contributed by atoms with E-state index in [1.54, 1.807) is 18.2 Å². The quantitative estimate of drug-likeness (QED) is 0.655. The lowest BCUT2D eigenvalue weighted by atomic mass is 10.3. The van der Waals surface area contributed by atoms with Gasteiger partial charge in [-0.3, -0.25) is 0 Å². The molecule has 94 valence electrons. The van der Waals surface area contributed by atoms with Crippen LogP contribution < -0.4 is 10.5 Å². The first-order valence-electron chi connectivity index (χ1n) is 4.81. The Balaban J connectivity index is 2.29. The number of sulfone groups is 1. The van der Waals surface area contributed by atoms with Crippen LogP contribution >= 0.6 is 11.6 Å². The van der Waals surface area contributed by atoms with Crippen LogP contribution in [0, 0.1) is 0 Å². The molecule has 0 aliphatic carbocycles. The molecule has 0 spiro atoms. The molecule has 0 unspecified atom stereocenters. The molecular weight excluding hydrogens is 278 g/mol. The Bertz CT molecular complexity index is 676. The largest absolute Gasteiger partial charge is 0.421 e. The van der Waals surface area contributed by atoms with Gasteiger partial charge >= 0.3 is 5.97 Å². The molecule has 0 bridgehead atoms. The van der Waals surface area contributed by atoms with Crippen molar-refractivity contribution in [1.82, 2.24) is 0 Å². The summed E-state index contributed by atoms with van der Waals surface area (Å²) in [5, 5.41) is 0.584. The van der Waals surface area contributed by atoms with Crippen LogP contribution in [-0.4, -0.2) is 14.4 Å². The smallest absolute Gasteiger partial charge is 0.346 e. The number of hydrogen-bond donors (Lipinski definition) is 1. The molecule has 0 amide bonds. The fraction of sp³-hybridized carbons (Fsp3) is 0. The summed E-state index contributed by atoms with van der Waals surface area (Å²) >= 11 is 5.81. The van der Waals surface area contributed by atoms with Gasteiger partial charge in [-0.2, -0.15) is 0 Å². The molecule has 0 atom stereocenters. The van der Waals surface area contributed by atoms with Gasteiger partial charge in [0.05, 0.1) is 10.6 Å². The summed E-state index contributed by atoms with van der Waals surface area (Å²) in [6, 6.07) is 6.34. The molecule has 1 aliphatic heterocycles. The van der Waals surface area contributed by atoms with Crippen molar-refractivity contribution in [3.63, 3.8) is 0 Å². The lowest BCUT2D eigenvalue weighted by molar-refractivity contribution is -0.129. The zero-order chi connectivity index (χ0) is 13.3. The minimum absolute atomic E-state index is 0.141. The predicted octanol–water partition coefficient (Wildman–Crippen LogP) is 1.36. The maximum Gasteiger partial charge on any atom is 0.346 e. The Morgan fingerprint density at radius 2 is 1.94 bits per heavy atom. The Kier molecular flexibility index (Phi) is 3.14. The van der Waals surface area contributed by atoms with Gasteiger partial charge in [-0.05, 0) is 18.2 Å². The number of esters is 1.